The number of benzene rings is 2. The summed E-state index contributed by atoms with van der Waals surface area (Å²) in [5.41, 5.74) is 5.08. The highest BCUT2D eigenvalue weighted by Crippen LogP contribution is 2.22. The number of aryl methyl sites for hydroxylation is 2. The van der Waals surface area contributed by atoms with Crippen molar-refractivity contribution in [3.8, 4) is 0 Å². The predicted molar refractivity (Wildman–Crippen MR) is 82.6 cm³/mol. The molecule has 0 aromatic heterocycles. The molecule has 0 amide bonds. The lowest BCUT2D eigenvalue weighted by Gasteiger charge is -2.16. The van der Waals surface area contributed by atoms with Crippen molar-refractivity contribution in [2.24, 2.45) is 0 Å². The van der Waals surface area contributed by atoms with E-state index >= 15 is 0 Å². The Morgan fingerprint density at radius 2 is 1.68 bits per heavy atom. The topological polar surface area (TPSA) is 12.0 Å². The lowest BCUT2D eigenvalue weighted by molar-refractivity contribution is 0.574. The number of halogens is 1. The molecule has 0 radical (unpaired) electrons. The SMILES string of the molecule is Cc1cc(C)cc(CNC(C)c2ccccc2Cl)c1. The molecule has 0 heterocycles. The van der Waals surface area contributed by atoms with Gasteiger partial charge in [-0.25, -0.2) is 0 Å². The van der Waals surface area contributed by atoms with Crippen LogP contribution in [0.25, 0.3) is 0 Å². The van der Waals surface area contributed by atoms with Crippen molar-refractivity contribution in [1.29, 1.82) is 0 Å². The fourth-order valence-corrected chi connectivity index (χ4v) is 2.68. The van der Waals surface area contributed by atoms with Gasteiger partial charge in [0.05, 0.1) is 0 Å². The minimum absolute atomic E-state index is 0.245. The molecule has 1 unspecified atom stereocenters. The Bertz CT molecular complexity index is 543. The summed E-state index contributed by atoms with van der Waals surface area (Å²) in [6, 6.07) is 14.9. The Kier molecular flexibility index (Phi) is 4.62. The van der Waals surface area contributed by atoms with Crippen molar-refractivity contribution in [3.63, 3.8) is 0 Å². The van der Waals surface area contributed by atoms with Crippen LogP contribution < -0.4 is 5.32 Å². The van der Waals surface area contributed by atoms with Gasteiger partial charge in [0.15, 0.2) is 0 Å². The summed E-state index contributed by atoms with van der Waals surface area (Å²) in [6.07, 6.45) is 0. The Balaban J connectivity index is 2.04. The molecule has 0 saturated heterocycles. The number of nitrogens with one attached hydrogen (secondary N) is 1. The third-order valence-electron chi connectivity index (χ3n) is 3.27. The monoisotopic (exact) mass is 273 g/mol. The molecule has 2 rings (SSSR count). The van der Waals surface area contributed by atoms with Crippen molar-refractivity contribution in [1.82, 2.24) is 5.32 Å². The smallest absolute Gasteiger partial charge is 0.0453 e. The number of hydrogen-bond acceptors (Lipinski definition) is 1. The van der Waals surface area contributed by atoms with Crippen LogP contribution in [0.1, 0.15) is 35.2 Å². The van der Waals surface area contributed by atoms with E-state index in [4.69, 9.17) is 11.6 Å². The van der Waals surface area contributed by atoms with Gasteiger partial charge in [0, 0.05) is 17.6 Å². The van der Waals surface area contributed by atoms with Crippen molar-refractivity contribution >= 4 is 11.6 Å². The number of rotatable bonds is 4. The quantitative estimate of drug-likeness (QED) is 0.843. The van der Waals surface area contributed by atoms with E-state index in [0.717, 1.165) is 17.1 Å². The van der Waals surface area contributed by atoms with Gasteiger partial charge in [-0.2, -0.15) is 0 Å². The normalized spacial score (nSPS) is 12.4. The van der Waals surface area contributed by atoms with E-state index in [1.54, 1.807) is 0 Å². The fraction of sp³-hybridized carbons (Fsp3) is 0.294. The van der Waals surface area contributed by atoms with E-state index in [2.05, 4.69) is 50.4 Å². The minimum Gasteiger partial charge on any atom is -0.306 e. The molecule has 0 aliphatic rings. The second-order valence-corrected chi connectivity index (χ2v) is 5.53. The van der Waals surface area contributed by atoms with Crippen LogP contribution in [-0.2, 0) is 6.54 Å². The van der Waals surface area contributed by atoms with Crippen LogP contribution in [0, 0.1) is 13.8 Å². The Morgan fingerprint density at radius 3 is 2.32 bits per heavy atom. The zero-order valence-corrected chi connectivity index (χ0v) is 12.5. The van der Waals surface area contributed by atoms with Crippen LogP contribution in [0.5, 0.6) is 0 Å². The first kappa shape index (κ1) is 14.1. The Labute approximate surface area is 120 Å². The van der Waals surface area contributed by atoms with E-state index in [0.29, 0.717) is 0 Å². The standard InChI is InChI=1S/C17H20ClN/c1-12-8-13(2)10-15(9-12)11-19-14(3)16-6-4-5-7-17(16)18/h4-10,14,19H,11H2,1-3H3. The van der Waals surface area contributed by atoms with Crippen molar-refractivity contribution in [3.05, 3.63) is 69.7 Å². The third-order valence-corrected chi connectivity index (χ3v) is 3.61. The van der Waals surface area contributed by atoms with Crippen molar-refractivity contribution < 1.29 is 0 Å². The lowest BCUT2D eigenvalue weighted by Crippen LogP contribution is -2.18. The molecule has 1 nitrogen and oxygen atoms in total. The van der Waals surface area contributed by atoms with E-state index in [9.17, 15) is 0 Å². The lowest BCUT2D eigenvalue weighted by atomic mass is 10.1. The second-order valence-electron chi connectivity index (χ2n) is 5.12. The molecule has 1 atom stereocenters. The largest absolute Gasteiger partial charge is 0.306 e. The second kappa shape index (κ2) is 6.23. The van der Waals surface area contributed by atoms with Crippen molar-refractivity contribution in [2.75, 3.05) is 0 Å². The van der Waals surface area contributed by atoms with Gasteiger partial charge in [0.25, 0.3) is 0 Å². The summed E-state index contributed by atoms with van der Waals surface area (Å²) in [7, 11) is 0. The van der Waals surface area contributed by atoms with Gasteiger partial charge in [0.1, 0.15) is 0 Å². The number of hydrogen-bond donors (Lipinski definition) is 1. The molecule has 0 saturated carbocycles. The molecule has 0 bridgehead atoms. The van der Waals surface area contributed by atoms with E-state index in [1.165, 1.54) is 16.7 Å². The van der Waals surface area contributed by atoms with Gasteiger partial charge < -0.3 is 5.32 Å². The molecule has 0 fully saturated rings. The molecule has 0 spiro atoms. The first-order valence-electron chi connectivity index (χ1n) is 6.61. The van der Waals surface area contributed by atoms with Gasteiger partial charge in [-0.3, -0.25) is 0 Å². The average Bonchev–Trinajstić information content (AvgIpc) is 2.35. The third kappa shape index (κ3) is 3.82. The molecule has 0 aliphatic carbocycles. The molecule has 2 heteroatoms. The highest BCUT2D eigenvalue weighted by atomic mass is 35.5. The van der Waals surface area contributed by atoms with Crippen LogP contribution >= 0.6 is 11.6 Å². The fourth-order valence-electron chi connectivity index (χ4n) is 2.38. The predicted octanol–water partition coefficient (Wildman–Crippen LogP) is 4.81. The van der Waals surface area contributed by atoms with Crippen LogP contribution in [0.2, 0.25) is 5.02 Å². The van der Waals surface area contributed by atoms with Gasteiger partial charge in [-0.05, 0) is 38.0 Å². The van der Waals surface area contributed by atoms with Gasteiger partial charge >= 0.3 is 0 Å². The van der Waals surface area contributed by atoms with E-state index in [1.807, 2.05) is 18.2 Å². The van der Waals surface area contributed by atoms with Gasteiger partial charge in [-0.1, -0.05) is 59.1 Å². The van der Waals surface area contributed by atoms with Crippen molar-refractivity contribution in [2.45, 2.75) is 33.4 Å². The molecule has 100 valence electrons. The molecule has 2 aromatic carbocycles. The molecule has 19 heavy (non-hydrogen) atoms. The van der Waals surface area contributed by atoms with E-state index in [-0.39, 0.29) is 6.04 Å². The maximum Gasteiger partial charge on any atom is 0.0453 e. The van der Waals surface area contributed by atoms with Gasteiger partial charge in [-0.15, -0.1) is 0 Å². The summed E-state index contributed by atoms with van der Waals surface area (Å²) in [6.45, 7) is 7.26. The van der Waals surface area contributed by atoms with Gasteiger partial charge in [0.2, 0.25) is 0 Å². The minimum atomic E-state index is 0.245. The zero-order chi connectivity index (χ0) is 13.8. The Morgan fingerprint density at radius 1 is 1.05 bits per heavy atom. The summed E-state index contributed by atoms with van der Waals surface area (Å²) < 4.78 is 0. The summed E-state index contributed by atoms with van der Waals surface area (Å²) in [5.74, 6) is 0. The molecular formula is C17H20ClN. The summed E-state index contributed by atoms with van der Waals surface area (Å²) in [4.78, 5) is 0. The maximum atomic E-state index is 6.21. The first-order chi connectivity index (χ1) is 9.06. The van der Waals surface area contributed by atoms with Crippen LogP contribution in [0.3, 0.4) is 0 Å². The van der Waals surface area contributed by atoms with Crippen LogP contribution in [0.4, 0.5) is 0 Å². The average molecular weight is 274 g/mol. The first-order valence-corrected chi connectivity index (χ1v) is 6.99. The summed E-state index contributed by atoms with van der Waals surface area (Å²) in [5, 5.41) is 4.35. The van der Waals surface area contributed by atoms with Crippen LogP contribution in [0.15, 0.2) is 42.5 Å². The molecule has 0 aliphatic heterocycles. The highest BCUT2D eigenvalue weighted by Gasteiger charge is 2.08. The molecule has 2 aromatic rings. The Hall–Kier alpha value is -1.31. The molecule has 1 N–H and O–H groups in total. The van der Waals surface area contributed by atoms with E-state index < -0.39 is 0 Å². The highest BCUT2D eigenvalue weighted by molar-refractivity contribution is 6.31. The maximum absolute atomic E-state index is 6.21. The molecular weight excluding hydrogens is 254 g/mol. The summed E-state index contributed by atoms with van der Waals surface area (Å²) >= 11 is 6.21. The van der Waals surface area contributed by atoms with Crippen LogP contribution in [-0.4, -0.2) is 0 Å². The zero-order valence-electron chi connectivity index (χ0n) is 11.7.